The number of nitrogens with zero attached hydrogens (tertiary/aromatic N) is 4. The number of hydrogen-bond acceptors (Lipinski definition) is 3. The quantitative estimate of drug-likeness (QED) is 0.796. The third-order valence-corrected chi connectivity index (χ3v) is 3.76. The van der Waals surface area contributed by atoms with Gasteiger partial charge in [0.25, 0.3) is 0 Å². The molecule has 96 valence electrons. The number of halogens is 1. The van der Waals surface area contributed by atoms with E-state index in [1.54, 1.807) is 0 Å². The third kappa shape index (κ3) is 1.99. The molecule has 1 atom stereocenters. The Morgan fingerprint density at radius 3 is 3.11 bits per heavy atom. The Labute approximate surface area is 112 Å². The van der Waals surface area contributed by atoms with Gasteiger partial charge in [0.05, 0.1) is 6.04 Å². The van der Waals surface area contributed by atoms with Crippen LogP contribution in [0.3, 0.4) is 0 Å². The summed E-state index contributed by atoms with van der Waals surface area (Å²) >= 11 is 5.89. The molecule has 1 unspecified atom stereocenters. The molecule has 5 heteroatoms. The molecule has 0 amide bonds. The lowest BCUT2D eigenvalue weighted by atomic mass is 10.2. The minimum absolute atomic E-state index is 0.480. The average molecular weight is 265 g/mol. The summed E-state index contributed by atoms with van der Waals surface area (Å²) in [7, 11) is 2.16. The van der Waals surface area contributed by atoms with Gasteiger partial charge < -0.3 is 9.47 Å². The third-order valence-electron chi connectivity index (χ3n) is 3.57. The molecule has 3 heterocycles. The van der Waals surface area contributed by atoms with E-state index in [9.17, 15) is 0 Å². The first-order chi connectivity index (χ1) is 8.79. The van der Waals surface area contributed by atoms with Crippen molar-refractivity contribution in [3.8, 4) is 0 Å². The van der Waals surface area contributed by atoms with Crippen LogP contribution in [0.2, 0.25) is 0 Å². The average Bonchev–Trinajstić information content (AvgIpc) is 2.92. The van der Waals surface area contributed by atoms with E-state index in [4.69, 9.17) is 11.6 Å². The van der Waals surface area contributed by atoms with Crippen molar-refractivity contribution in [3.05, 3.63) is 24.2 Å². The number of alkyl halides is 1. The van der Waals surface area contributed by atoms with E-state index in [1.807, 2.05) is 18.3 Å². The van der Waals surface area contributed by atoms with Gasteiger partial charge in [-0.3, -0.25) is 0 Å². The zero-order valence-corrected chi connectivity index (χ0v) is 11.3. The van der Waals surface area contributed by atoms with Crippen LogP contribution in [0.1, 0.15) is 18.3 Å². The summed E-state index contributed by atoms with van der Waals surface area (Å²) in [4.78, 5) is 11.5. The number of rotatable bonds is 3. The second-order valence-corrected chi connectivity index (χ2v) is 5.27. The highest BCUT2D eigenvalue weighted by Gasteiger charge is 2.25. The van der Waals surface area contributed by atoms with Crippen LogP contribution in [0.4, 0.5) is 0 Å². The van der Waals surface area contributed by atoms with E-state index < -0.39 is 0 Å². The number of fused-ring (bicyclic) bond motifs is 1. The van der Waals surface area contributed by atoms with Gasteiger partial charge in [0.15, 0.2) is 5.65 Å². The molecule has 2 aromatic heterocycles. The molecule has 18 heavy (non-hydrogen) atoms. The number of likely N-dealkylation sites (N-methyl/N-ethyl adjacent to an activating group) is 1. The highest BCUT2D eigenvalue weighted by atomic mass is 35.5. The van der Waals surface area contributed by atoms with Gasteiger partial charge in [-0.2, -0.15) is 0 Å². The standard InChI is InChI=1S/C13H17ClN4/c1-17-8-5-10(9-17)18-12(4-6-14)16-11-3-2-7-15-13(11)18/h2-3,7,10H,4-6,8-9H2,1H3. The second-order valence-electron chi connectivity index (χ2n) is 4.89. The van der Waals surface area contributed by atoms with E-state index in [0.717, 1.165) is 42.9 Å². The molecule has 2 aromatic rings. The van der Waals surface area contributed by atoms with Gasteiger partial charge in [0.2, 0.25) is 0 Å². The van der Waals surface area contributed by atoms with Crippen molar-refractivity contribution in [1.29, 1.82) is 0 Å². The zero-order chi connectivity index (χ0) is 12.5. The van der Waals surface area contributed by atoms with E-state index >= 15 is 0 Å². The molecule has 0 N–H and O–H groups in total. The number of likely N-dealkylation sites (tertiary alicyclic amines) is 1. The van der Waals surface area contributed by atoms with Crippen molar-refractivity contribution in [2.24, 2.45) is 0 Å². The van der Waals surface area contributed by atoms with Gasteiger partial charge in [-0.05, 0) is 32.1 Å². The molecule has 0 aromatic carbocycles. The van der Waals surface area contributed by atoms with E-state index in [0.29, 0.717) is 11.9 Å². The molecule has 0 bridgehead atoms. The molecule has 0 spiro atoms. The summed E-state index contributed by atoms with van der Waals surface area (Å²) in [6.07, 6.45) is 3.80. The molecule has 0 radical (unpaired) electrons. The fourth-order valence-electron chi connectivity index (χ4n) is 2.74. The molecule has 1 aliphatic heterocycles. The molecule has 0 aliphatic carbocycles. The summed E-state index contributed by atoms with van der Waals surface area (Å²) < 4.78 is 2.29. The molecule has 4 nitrogen and oxygen atoms in total. The predicted molar refractivity (Wildman–Crippen MR) is 73.1 cm³/mol. The summed E-state index contributed by atoms with van der Waals surface area (Å²) in [5.74, 6) is 1.67. The minimum atomic E-state index is 0.480. The first-order valence-electron chi connectivity index (χ1n) is 6.36. The van der Waals surface area contributed by atoms with Crippen LogP contribution < -0.4 is 0 Å². The summed E-state index contributed by atoms with van der Waals surface area (Å²) in [5, 5.41) is 0. The number of imidazole rings is 1. The lowest BCUT2D eigenvalue weighted by Crippen LogP contribution is -2.18. The Balaban J connectivity index is 2.09. The Hall–Kier alpha value is -1.13. The smallest absolute Gasteiger partial charge is 0.160 e. The molecule has 3 rings (SSSR count). The van der Waals surface area contributed by atoms with Crippen molar-refractivity contribution in [2.75, 3.05) is 26.0 Å². The normalized spacial score (nSPS) is 20.9. The van der Waals surface area contributed by atoms with Crippen LogP contribution in [0, 0.1) is 0 Å². The zero-order valence-electron chi connectivity index (χ0n) is 10.5. The van der Waals surface area contributed by atoms with Gasteiger partial charge in [-0.1, -0.05) is 0 Å². The molecule has 1 saturated heterocycles. The molecule has 1 aliphatic rings. The lowest BCUT2D eigenvalue weighted by molar-refractivity contribution is 0.392. The number of aryl methyl sites for hydroxylation is 1. The summed E-state index contributed by atoms with van der Waals surface area (Å²) in [6, 6.07) is 4.44. The lowest BCUT2D eigenvalue weighted by Gasteiger charge is -2.15. The van der Waals surface area contributed by atoms with Crippen LogP contribution in [0.15, 0.2) is 18.3 Å². The van der Waals surface area contributed by atoms with Gasteiger partial charge in [-0.15, -0.1) is 11.6 Å². The Morgan fingerprint density at radius 1 is 1.50 bits per heavy atom. The molecule has 1 fully saturated rings. The van der Waals surface area contributed by atoms with Crippen LogP contribution in [-0.2, 0) is 6.42 Å². The fraction of sp³-hybridized carbons (Fsp3) is 0.538. The molecular formula is C13H17ClN4. The summed E-state index contributed by atoms with van der Waals surface area (Å²) in [5.41, 5.74) is 1.98. The van der Waals surface area contributed by atoms with Crippen LogP contribution in [0.25, 0.3) is 11.2 Å². The molecular weight excluding hydrogens is 248 g/mol. The highest BCUT2D eigenvalue weighted by Crippen LogP contribution is 2.26. The van der Waals surface area contributed by atoms with E-state index in [-0.39, 0.29) is 0 Å². The highest BCUT2D eigenvalue weighted by molar-refractivity contribution is 6.17. The maximum absolute atomic E-state index is 5.89. The second kappa shape index (κ2) is 4.86. The van der Waals surface area contributed by atoms with Gasteiger partial charge in [0.1, 0.15) is 11.3 Å². The monoisotopic (exact) mass is 264 g/mol. The largest absolute Gasteiger partial charge is 0.308 e. The van der Waals surface area contributed by atoms with Crippen molar-refractivity contribution in [2.45, 2.75) is 18.9 Å². The maximum Gasteiger partial charge on any atom is 0.160 e. The number of pyridine rings is 1. The van der Waals surface area contributed by atoms with Crippen LogP contribution >= 0.6 is 11.6 Å². The minimum Gasteiger partial charge on any atom is -0.308 e. The van der Waals surface area contributed by atoms with Crippen molar-refractivity contribution >= 4 is 22.8 Å². The van der Waals surface area contributed by atoms with Crippen molar-refractivity contribution in [1.82, 2.24) is 19.4 Å². The van der Waals surface area contributed by atoms with E-state index in [2.05, 4.69) is 26.5 Å². The SMILES string of the molecule is CN1CCC(n2c(CCCl)nc3cccnc32)C1. The van der Waals surface area contributed by atoms with E-state index in [1.165, 1.54) is 0 Å². The Morgan fingerprint density at radius 2 is 2.39 bits per heavy atom. The Bertz CT molecular complexity index is 551. The van der Waals surface area contributed by atoms with Gasteiger partial charge in [-0.25, -0.2) is 9.97 Å². The predicted octanol–water partition coefficient (Wildman–Crippen LogP) is 2.09. The number of aromatic nitrogens is 3. The fourth-order valence-corrected chi connectivity index (χ4v) is 2.91. The first-order valence-corrected chi connectivity index (χ1v) is 6.89. The van der Waals surface area contributed by atoms with Crippen LogP contribution in [0.5, 0.6) is 0 Å². The van der Waals surface area contributed by atoms with Crippen molar-refractivity contribution < 1.29 is 0 Å². The first kappa shape index (κ1) is 11.9. The maximum atomic E-state index is 5.89. The van der Waals surface area contributed by atoms with Gasteiger partial charge in [0, 0.05) is 25.0 Å². The summed E-state index contributed by atoms with van der Waals surface area (Å²) in [6.45, 7) is 2.20. The molecule has 0 saturated carbocycles. The van der Waals surface area contributed by atoms with Gasteiger partial charge >= 0.3 is 0 Å². The van der Waals surface area contributed by atoms with Crippen LogP contribution in [-0.4, -0.2) is 45.5 Å². The topological polar surface area (TPSA) is 34.0 Å². The van der Waals surface area contributed by atoms with Crippen molar-refractivity contribution in [3.63, 3.8) is 0 Å². The Kier molecular flexibility index (Phi) is 3.22. The number of hydrogen-bond donors (Lipinski definition) is 0.